The molecule has 1 fully saturated rings. The molecule has 1 N–H and O–H groups in total. The molecule has 0 aromatic heterocycles. The van der Waals surface area contributed by atoms with Crippen LogP contribution in [0.2, 0.25) is 0 Å². The van der Waals surface area contributed by atoms with Crippen LogP contribution in [-0.2, 0) is 43.6 Å². The minimum absolute atomic E-state index is 0.0245. The SMILES string of the molecule is COC(=O)C[C@@H](c1ccc(OC)cc1)[C@@H]1[C@@H](OCc2ccccc2)[C@H](OCc2ccccc2)[C@H](OCc2ccccc2)CN1O. The lowest BCUT2D eigenvalue weighted by Crippen LogP contribution is -2.64. The molecule has 8 heteroatoms. The normalized spacial score (nSPS) is 20.8. The first kappa shape index (κ1) is 32.3. The highest BCUT2D eigenvalue weighted by Crippen LogP contribution is 2.38. The summed E-state index contributed by atoms with van der Waals surface area (Å²) in [6.45, 7) is 1.09. The third-order valence-electron chi connectivity index (χ3n) is 8.19. The van der Waals surface area contributed by atoms with E-state index in [1.165, 1.54) is 12.2 Å². The molecule has 4 aromatic rings. The second kappa shape index (κ2) is 16.3. The summed E-state index contributed by atoms with van der Waals surface area (Å²) >= 11 is 0. The lowest BCUT2D eigenvalue weighted by Gasteiger charge is -2.48. The second-order valence-corrected chi connectivity index (χ2v) is 11.1. The number of hydrogen-bond donors (Lipinski definition) is 1. The molecular formula is C37H41NO7. The van der Waals surface area contributed by atoms with E-state index in [0.717, 1.165) is 22.3 Å². The van der Waals surface area contributed by atoms with E-state index < -0.39 is 36.2 Å². The monoisotopic (exact) mass is 611 g/mol. The number of hydroxylamine groups is 2. The highest BCUT2D eigenvalue weighted by Gasteiger charge is 2.49. The first-order chi connectivity index (χ1) is 22.1. The van der Waals surface area contributed by atoms with Gasteiger partial charge in [-0.05, 0) is 34.4 Å². The van der Waals surface area contributed by atoms with E-state index in [2.05, 4.69) is 0 Å². The van der Waals surface area contributed by atoms with Crippen molar-refractivity contribution in [1.82, 2.24) is 5.06 Å². The number of ether oxygens (including phenoxy) is 5. The smallest absolute Gasteiger partial charge is 0.306 e. The topological polar surface area (TPSA) is 86.7 Å². The number of carbonyl (C=O) groups is 1. The van der Waals surface area contributed by atoms with Crippen LogP contribution >= 0.6 is 0 Å². The summed E-state index contributed by atoms with van der Waals surface area (Å²) < 4.78 is 30.4. The molecule has 4 aromatic carbocycles. The molecule has 5 rings (SSSR count). The van der Waals surface area contributed by atoms with Crippen LogP contribution in [0.5, 0.6) is 5.75 Å². The molecule has 1 saturated heterocycles. The molecule has 236 valence electrons. The van der Waals surface area contributed by atoms with Gasteiger partial charge in [-0.1, -0.05) is 103 Å². The van der Waals surface area contributed by atoms with E-state index in [1.807, 2.05) is 115 Å². The molecule has 1 aliphatic heterocycles. The Bertz CT molecular complexity index is 1440. The van der Waals surface area contributed by atoms with Crippen molar-refractivity contribution in [2.75, 3.05) is 20.8 Å². The minimum Gasteiger partial charge on any atom is -0.497 e. The molecule has 8 nitrogen and oxygen atoms in total. The van der Waals surface area contributed by atoms with Crippen LogP contribution in [0.3, 0.4) is 0 Å². The summed E-state index contributed by atoms with van der Waals surface area (Å²) in [7, 11) is 2.98. The Morgan fingerprint density at radius 1 is 0.711 bits per heavy atom. The molecule has 0 bridgehead atoms. The Morgan fingerprint density at radius 2 is 1.20 bits per heavy atom. The van der Waals surface area contributed by atoms with Crippen LogP contribution in [0.1, 0.15) is 34.6 Å². The van der Waals surface area contributed by atoms with Gasteiger partial charge in [-0.25, -0.2) is 0 Å². The van der Waals surface area contributed by atoms with Crippen molar-refractivity contribution >= 4 is 5.97 Å². The fraction of sp³-hybridized carbons (Fsp3) is 0.324. The van der Waals surface area contributed by atoms with Gasteiger partial charge in [0.15, 0.2) is 0 Å². The largest absolute Gasteiger partial charge is 0.497 e. The summed E-state index contributed by atoms with van der Waals surface area (Å²) in [5.74, 6) is -0.197. The molecule has 45 heavy (non-hydrogen) atoms. The maximum atomic E-state index is 12.8. The van der Waals surface area contributed by atoms with E-state index in [0.29, 0.717) is 19.0 Å². The first-order valence-electron chi connectivity index (χ1n) is 15.2. The van der Waals surface area contributed by atoms with E-state index in [4.69, 9.17) is 23.7 Å². The number of hydrogen-bond acceptors (Lipinski definition) is 8. The summed E-state index contributed by atoms with van der Waals surface area (Å²) in [6.07, 6.45) is -1.78. The van der Waals surface area contributed by atoms with Gasteiger partial charge in [0, 0.05) is 5.92 Å². The first-order valence-corrected chi connectivity index (χ1v) is 15.2. The molecule has 0 spiro atoms. The molecule has 1 aliphatic rings. The van der Waals surface area contributed by atoms with E-state index in [9.17, 15) is 10.0 Å². The van der Waals surface area contributed by atoms with Gasteiger partial charge >= 0.3 is 5.97 Å². The maximum absolute atomic E-state index is 12.8. The van der Waals surface area contributed by atoms with Gasteiger partial charge in [0.25, 0.3) is 0 Å². The molecule has 0 saturated carbocycles. The van der Waals surface area contributed by atoms with Gasteiger partial charge in [0.1, 0.15) is 24.1 Å². The Kier molecular flexibility index (Phi) is 11.7. The average molecular weight is 612 g/mol. The highest BCUT2D eigenvalue weighted by atomic mass is 16.6. The molecule has 0 unspecified atom stereocenters. The van der Waals surface area contributed by atoms with Crippen molar-refractivity contribution in [2.45, 2.75) is 56.5 Å². The van der Waals surface area contributed by atoms with E-state index in [-0.39, 0.29) is 19.6 Å². The maximum Gasteiger partial charge on any atom is 0.306 e. The van der Waals surface area contributed by atoms with Crippen molar-refractivity contribution in [3.63, 3.8) is 0 Å². The number of esters is 1. The third kappa shape index (κ3) is 8.78. The number of nitrogens with zero attached hydrogens (tertiary/aromatic N) is 1. The Labute approximate surface area is 265 Å². The van der Waals surface area contributed by atoms with Gasteiger partial charge in [0.05, 0.1) is 53.0 Å². The number of benzene rings is 4. The fourth-order valence-corrected chi connectivity index (χ4v) is 5.83. The van der Waals surface area contributed by atoms with Crippen molar-refractivity contribution in [1.29, 1.82) is 0 Å². The third-order valence-corrected chi connectivity index (χ3v) is 8.19. The molecule has 0 radical (unpaired) electrons. The van der Waals surface area contributed by atoms with Crippen molar-refractivity contribution in [2.24, 2.45) is 0 Å². The summed E-state index contributed by atoms with van der Waals surface area (Å²) in [4.78, 5) is 12.8. The van der Waals surface area contributed by atoms with E-state index in [1.54, 1.807) is 7.11 Å². The Balaban J connectivity index is 1.52. The summed E-state index contributed by atoms with van der Waals surface area (Å²) in [6, 6.07) is 36.5. The van der Waals surface area contributed by atoms with Crippen molar-refractivity contribution < 1.29 is 33.7 Å². The van der Waals surface area contributed by atoms with Crippen molar-refractivity contribution in [3.05, 3.63) is 138 Å². The predicted octanol–water partition coefficient (Wildman–Crippen LogP) is 6.17. The Morgan fingerprint density at radius 3 is 1.69 bits per heavy atom. The summed E-state index contributed by atoms with van der Waals surface area (Å²) in [5.41, 5.74) is 3.83. The number of carbonyl (C=O) groups excluding carboxylic acids is 1. The quantitative estimate of drug-likeness (QED) is 0.170. The highest BCUT2D eigenvalue weighted by molar-refractivity contribution is 5.70. The standard InChI is InChI=1S/C37H41NO7/c1-41-31-20-18-30(19-21-31)32(22-34(39)42-2)35-37(45-26-29-16-10-5-11-17-29)36(44-25-28-14-8-4-9-15-28)33(23-38(35)40)43-24-27-12-6-3-7-13-27/h3-21,32-33,35-37,40H,22-26H2,1-2H3/t32-,33+,35+,36+,37+/m0/s1. The van der Waals surface area contributed by atoms with Gasteiger partial charge in [-0.3, -0.25) is 4.79 Å². The molecule has 5 atom stereocenters. The van der Waals surface area contributed by atoms with Crippen LogP contribution in [-0.4, -0.2) is 61.4 Å². The van der Waals surface area contributed by atoms with Gasteiger partial charge in [0.2, 0.25) is 0 Å². The van der Waals surface area contributed by atoms with Crippen LogP contribution < -0.4 is 4.74 Å². The second-order valence-electron chi connectivity index (χ2n) is 11.1. The van der Waals surface area contributed by atoms with Gasteiger partial charge in [-0.15, -0.1) is 0 Å². The number of methoxy groups -OCH3 is 2. The number of rotatable bonds is 14. The van der Waals surface area contributed by atoms with Crippen LogP contribution in [0.15, 0.2) is 115 Å². The number of piperidine rings is 1. The Hall–Kier alpha value is -4.05. The lowest BCUT2D eigenvalue weighted by atomic mass is 9.80. The molecular weight excluding hydrogens is 570 g/mol. The molecule has 1 heterocycles. The van der Waals surface area contributed by atoms with Crippen LogP contribution in [0.25, 0.3) is 0 Å². The van der Waals surface area contributed by atoms with Gasteiger partial charge < -0.3 is 28.9 Å². The molecule has 0 amide bonds. The summed E-state index contributed by atoms with van der Waals surface area (Å²) in [5, 5.41) is 13.0. The lowest BCUT2D eigenvalue weighted by molar-refractivity contribution is -0.270. The predicted molar refractivity (Wildman–Crippen MR) is 170 cm³/mol. The van der Waals surface area contributed by atoms with Gasteiger partial charge in [-0.2, -0.15) is 5.06 Å². The van der Waals surface area contributed by atoms with Crippen molar-refractivity contribution in [3.8, 4) is 5.75 Å². The van der Waals surface area contributed by atoms with E-state index >= 15 is 0 Å². The minimum atomic E-state index is -0.690. The molecule has 0 aliphatic carbocycles. The van der Waals surface area contributed by atoms with Crippen LogP contribution in [0, 0.1) is 0 Å². The zero-order valence-corrected chi connectivity index (χ0v) is 25.7. The fourth-order valence-electron chi connectivity index (χ4n) is 5.83. The average Bonchev–Trinajstić information content (AvgIpc) is 3.09. The van der Waals surface area contributed by atoms with Crippen LogP contribution in [0.4, 0.5) is 0 Å². The zero-order chi connectivity index (χ0) is 31.4. The zero-order valence-electron chi connectivity index (χ0n) is 25.7.